The third-order valence-electron chi connectivity index (χ3n) is 2.58. The predicted molar refractivity (Wildman–Crippen MR) is 67.1 cm³/mol. The number of anilines is 1. The van der Waals surface area contributed by atoms with Gasteiger partial charge in [-0.1, -0.05) is 0 Å². The molecule has 5 nitrogen and oxygen atoms in total. The van der Waals surface area contributed by atoms with E-state index in [9.17, 15) is 0 Å². The lowest BCUT2D eigenvalue weighted by Crippen LogP contribution is -2.19. The summed E-state index contributed by atoms with van der Waals surface area (Å²) in [5.41, 5.74) is 8.31. The van der Waals surface area contributed by atoms with Gasteiger partial charge in [0.25, 0.3) is 0 Å². The Bertz CT molecular complexity index is 552. The van der Waals surface area contributed by atoms with E-state index in [4.69, 9.17) is 11.0 Å². The maximum Gasteiger partial charge on any atom is 0.121 e. The fourth-order valence-electron chi connectivity index (χ4n) is 1.73. The monoisotopic (exact) mass is 229 g/mol. The highest BCUT2D eigenvalue weighted by molar-refractivity contribution is 5.78. The first-order valence-corrected chi connectivity index (χ1v) is 5.48. The van der Waals surface area contributed by atoms with E-state index in [1.165, 1.54) is 0 Å². The van der Waals surface area contributed by atoms with E-state index in [1.54, 1.807) is 0 Å². The van der Waals surface area contributed by atoms with Gasteiger partial charge in [0.15, 0.2) is 0 Å². The number of rotatable bonds is 4. The molecule has 2 rings (SSSR count). The summed E-state index contributed by atoms with van der Waals surface area (Å²) in [6, 6.07) is 7.75. The number of benzene rings is 1. The minimum Gasteiger partial charge on any atom is -0.399 e. The molecule has 0 aliphatic carbocycles. The van der Waals surface area contributed by atoms with Gasteiger partial charge in [0, 0.05) is 18.7 Å². The van der Waals surface area contributed by atoms with Gasteiger partial charge >= 0.3 is 0 Å². The van der Waals surface area contributed by atoms with Gasteiger partial charge in [-0.05, 0) is 25.2 Å². The fraction of sp³-hybridized carbons (Fsp3) is 0.333. The van der Waals surface area contributed by atoms with Crippen LogP contribution >= 0.6 is 0 Å². The van der Waals surface area contributed by atoms with Crippen molar-refractivity contribution in [2.45, 2.75) is 13.0 Å². The van der Waals surface area contributed by atoms with Crippen molar-refractivity contribution < 1.29 is 0 Å². The number of fused-ring (bicyclic) bond motifs is 1. The molecule has 0 aliphatic heterocycles. The summed E-state index contributed by atoms with van der Waals surface area (Å²) in [5, 5.41) is 8.51. The molecule has 0 radical (unpaired) electrons. The van der Waals surface area contributed by atoms with Gasteiger partial charge in [-0.25, -0.2) is 4.98 Å². The molecule has 0 saturated heterocycles. The van der Waals surface area contributed by atoms with Crippen LogP contribution < -0.4 is 5.73 Å². The molecule has 0 aliphatic rings. The molecular formula is C12H15N5. The average Bonchev–Trinajstić information content (AvgIpc) is 2.67. The van der Waals surface area contributed by atoms with Crippen LogP contribution in [0.5, 0.6) is 0 Å². The van der Waals surface area contributed by atoms with Gasteiger partial charge in [0.1, 0.15) is 5.82 Å². The Hall–Kier alpha value is -2.06. The Labute approximate surface area is 99.9 Å². The van der Waals surface area contributed by atoms with E-state index in [1.807, 2.05) is 25.2 Å². The number of nitrogens with zero attached hydrogens (tertiary/aromatic N) is 3. The minimum atomic E-state index is 0.531. The molecule has 1 heterocycles. The maximum absolute atomic E-state index is 8.51. The zero-order valence-corrected chi connectivity index (χ0v) is 9.77. The fourth-order valence-corrected chi connectivity index (χ4v) is 1.73. The van der Waals surface area contributed by atoms with Gasteiger partial charge in [0.2, 0.25) is 0 Å². The molecule has 0 bridgehead atoms. The molecule has 0 atom stereocenters. The summed E-state index contributed by atoms with van der Waals surface area (Å²) >= 11 is 0. The first-order chi connectivity index (χ1) is 8.19. The van der Waals surface area contributed by atoms with E-state index < -0.39 is 0 Å². The molecule has 0 spiro atoms. The van der Waals surface area contributed by atoms with Crippen molar-refractivity contribution in [3.05, 3.63) is 24.0 Å². The second-order valence-corrected chi connectivity index (χ2v) is 4.11. The number of nitrogens with one attached hydrogen (secondary N) is 1. The summed E-state index contributed by atoms with van der Waals surface area (Å²) in [6.07, 6.45) is 0.531. The molecule has 1 aromatic heterocycles. The highest BCUT2D eigenvalue weighted by Gasteiger charge is 2.05. The van der Waals surface area contributed by atoms with Crippen LogP contribution in [0.2, 0.25) is 0 Å². The van der Waals surface area contributed by atoms with Crippen LogP contribution in [0.4, 0.5) is 5.69 Å². The van der Waals surface area contributed by atoms with Crippen molar-refractivity contribution in [2.75, 3.05) is 19.3 Å². The second kappa shape index (κ2) is 4.85. The first-order valence-electron chi connectivity index (χ1n) is 5.48. The number of aromatic nitrogens is 2. The Kier molecular flexibility index (Phi) is 3.26. The van der Waals surface area contributed by atoms with Crippen LogP contribution in [0.1, 0.15) is 12.2 Å². The van der Waals surface area contributed by atoms with Crippen molar-refractivity contribution in [3.8, 4) is 6.07 Å². The minimum absolute atomic E-state index is 0.531. The predicted octanol–water partition coefficient (Wildman–Crippen LogP) is 1.49. The van der Waals surface area contributed by atoms with Crippen LogP contribution in [-0.4, -0.2) is 28.5 Å². The van der Waals surface area contributed by atoms with Gasteiger partial charge in [-0.2, -0.15) is 5.26 Å². The molecule has 17 heavy (non-hydrogen) atoms. The summed E-state index contributed by atoms with van der Waals surface area (Å²) < 4.78 is 0. The zero-order valence-electron chi connectivity index (χ0n) is 9.77. The van der Waals surface area contributed by atoms with E-state index in [-0.39, 0.29) is 0 Å². The van der Waals surface area contributed by atoms with Crippen LogP contribution in [0.15, 0.2) is 18.2 Å². The van der Waals surface area contributed by atoms with E-state index in [0.29, 0.717) is 13.0 Å². The molecule has 5 heteroatoms. The number of H-pyrrole nitrogens is 1. The molecule has 1 aromatic carbocycles. The Morgan fingerprint density at radius 3 is 3.12 bits per heavy atom. The molecule has 0 fully saturated rings. The largest absolute Gasteiger partial charge is 0.399 e. The average molecular weight is 229 g/mol. The number of hydrogen-bond donors (Lipinski definition) is 2. The third-order valence-corrected chi connectivity index (χ3v) is 2.58. The number of imidazole rings is 1. The van der Waals surface area contributed by atoms with Gasteiger partial charge in [-0.3, -0.25) is 4.90 Å². The molecular weight excluding hydrogens is 214 g/mol. The number of aromatic amines is 1. The van der Waals surface area contributed by atoms with Crippen LogP contribution in [0.3, 0.4) is 0 Å². The maximum atomic E-state index is 8.51. The summed E-state index contributed by atoms with van der Waals surface area (Å²) in [4.78, 5) is 9.75. The van der Waals surface area contributed by atoms with E-state index in [2.05, 4.69) is 20.9 Å². The molecule has 0 amide bonds. The molecule has 3 N–H and O–H groups in total. The summed E-state index contributed by atoms with van der Waals surface area (Å²) in [7, 11) is 1.97. The van der Waals surface area contributed by atoms with Crippen molar-refractivity contribution in [3.63, 3.8) is 0 Å². The van der Waals surface area contributed by atoms with E-state index >= 15 is 0 Å². The molecule has 0 unspecified atom stereocenters. The Morgan fingerprint density at radius 1 is 1.53 bits per heavy atom. The molecule has 0 saturated carbocycles. The van der Waals surface area contributed by atoms with E-state index in [0.717, 1.165) is 29.1 Å². The highest BCUT2D eigenvalue weighted by atomic mass is 15.1. The SMILES string of the molecule is CN(CCC#N)Cc1nc2ccc(N)cc2[nH]1. The standard InChI is InChI=1S/C12H15N5/c1-17(6-2-5-13)8-12-15-10-4-3-9(14)7-11(10)16-12/h3-4,7H,2,6,8,14H2,1H3,(H,15,16). The lowest BCUT2D eigenvalue weighted by atomic mass is 10.3. The smallest absolute Gasteiger partial charge is 0.121 e. The Balaban J connectivity index is 2.12. The first kappa shape index (κ1) is 11.4. The third kappa shape index (κ3) is 2.74. The van der Waals surface area contributed by atoms with Crippen molar-refractivity contribution in [1.82, 2.24) is 14.9 Å². The second-order valence-electron chi connectivity index (χ2n) is 4.11. The summed E-state index contributed by atoms with van der Waals surface area (Å²) in [6.45, 7) is 1.45. The highest BCUT2D eigenvalue weighted by Crippen LogP contribution is 2.15. The summed E-state index contributed by atoms with van der Waals surface area (Å²) in [5.74, 6) is 0.894. The quantitative estimate of drug-likeness (QED) is 0.778. The lowest BCUT2D eigenvalue weighted by molar-refractivity contribution is 0.327. The van der Waals surface area contributed by atoms with Crippen molar-refractivity contribution in [2.24, 2.45) is 0 Å². The van der Waals surface area contributed by atoms with Crippen molar-refractivity contribution >= 4 is 16.7 Å². The van der Waals surface area contributed by atoms with Gasteiger partial charge in [0.05, 0.1) is 23.6 Å². The van der Waals surface area contributed by atoms with Crippen LogP contribution in [-0.2, 0) is 6.54 Å². The lowest BCUT2D eigenvalue weighted by Gasteiger charge is -2.12. The number of hydrogen-bond acceptors (Lipinski definition) is 4. The molecule has 88 valence electrons. The zero-order chi connectivity index (χ0) is 12.3. The van der Waals surface area contributed by atoms with Crippen LogP contribution in [0, 0.1) is 11.3 Å². The number of nitrogen functional groups attached to an aromatic ring is 1. The van der Waals surface area contributed by atoms with Gasteiger partial charge < -0.3 is 10.7 Å². The van der Waals surface area contributed by atoms with Gasteiger partial charge in [-0.15, -0.1) is 0 Å². The Morgan fingerprint density at radius 2 is 2.35 bits per heavy atom. The topological polar surface area (TPSA) is 81.7 Å². The molecule has 2 aromatic rings. The van der Waals surface area contributed by atoms with Crippen LogP contribution in [0.25, 0.3) is 11.0 Å². The normalized spacial score (nSPS) is 10.9. The van der Waals surface area contributed by atoms with Crippen molar-refractivity contribution in [1.29, 1.82) is 5.26 Å². The number of nitriles is 1. The number of nitrogens with two attached hydrogens (primary N) is 1.